The van der Waals surface area contributed by atoms with Crippen molar-refractivity contribution in [1.29, 1.82) is 0 Å². The first kappa shape index (κ1) is 11.1. The predicted octanol–water partition coefficient (Wildman–Crippen LogP) is 2.61. The molecule has 0 spiro atoms. The van der Waals surface area contributed by atoms with E-state index in [9.17, 15) is 10.1 Å². The number of rotatable bonds is 3. The third-order valence-electron chi connectivity index (χ3n) is 3.29. The summed E-state index contributed by atoms with van der Waals surface area (Å²) in [6.45, 7) is 2.33. The molecule has 1 aliphatic heterocycles. The minimum atomic E-state index is -1.37. The Balaban J connectivity index is 2.16. The molecule has 1 fully saturated rings. The van der Waals surface area contributed by atoms with Crippen LogP contribution in [0.25, 0.3) is 6.08 Å². The van der Waals surface area contributed by atoms with Crippen LogP contribution in [0, 0.1) is 10.1 Å². The average molecular weight is 237 g/mol. The van der Waals surface area contributed by atoms with Crippen LogP contribution in [0.1, 0.15) is 18.6 Å². The third-order valence-corrected chi connectivity index (χ3v) is 7.66. The highest BCUT2D eigenvalue weighted by Gasteiger charge is 2.36. The molecule has 1 aromatic rings. The maximum Gasteiger partial charge on any atom is 0.238 e. The third kappa shape index (κ3) is 2.24. The minimum absolute atomic E-state index is 0.475. The van der Waals surface area contributed by atoms with E-state index in [2.05, 4.69) is 6.55 Å². The van der Waals surface area contributed by atoms with Crippen LogP contribution in [-0.2, 0) is 0 Å². The van der Waals surface area contributed by atoms with E-state index >= 15 is 0 Å². The van der Waals surface area contributed by atoms with Gasteiger partial charge in [-0.2, -0.15) is 0 Å². The lowest BCUT2D eigenvalue weighted by Gasteiger charge is -2.16. The molecule has 4 nitrogen and oxygen atoms in total. The summed E-state index contributed by atoms with van der Waals surface area (Å²) in [4.78, 5) is 9.71. The van der Waals surface area contributed by atoms with E-state index in [0.29, 0.717) is 5.76 Å². The highest BCUT2D eigenvalue weighted by atomic mass is 28.3. The lowest BCUT2D eigenvalue weighted by Crippen LogP contribution is -2.40. The molecule has 0 amide bonds. The van der Waals surface area contributed by atoms with Gasteiger partial charge in [-0.1, -0.05) is 31.5 Å². The maximum absolute atomic E-state index is 10.2. The van der Waals surface area contributed by atoms with E-state index in [-0.39, 0.29) is 0 Å². The van der Waals surface area contributed by atoms with Gasteiger partial charge in [-0.3, -0.25) is 10.1 Å². The fourth-order valence-electron chi connectivity index (χ4n) is 2.30. The summed E-state index contributed by atoms with van der Waals surface area (Å²) in [5.74, 6) is 0.590. The zero-order chi connectivity index (χ0) is 11.6. The molecule has 16 heavy (non-hydrogen) atoms. The topological polar surface area (TPSA) is 56.3 Å². The van der Waals surface area contributed by atoms with Crippen molar-refractivity contribution in [3.05, 3.63) is 34.2 Å². The van der Waals surface area contributed by atoms with Crippen molar-refractivity contribution in [3.8, 4) is 0 Å². The summed E-state index contributed by atoms with van der Waals surface area (Å²) in [7, 11) is -1.37. The molecule has 1 saturated heterocycles. The van der Waals surface area contributed by atoms with Crippen LogP contribution < -0.4 is 5.38 Å². The van der Waals surface area contributed by atoms with Gasteiger partial charge in [0.2, 0.25) is 6.20 Å². The molecule has 2 heterocycles. The van der Waals surface area contributed by atoms with Crippen LogP contribution in [0.3, 0.4) is 0 Å². The van der Waals surface area contributed by atoms with Crippen LogP contribution >= 0.6 is 0 Å². The van der Waals surface area contributed by atoms with Crippen molar-refractivity contribution in [2.45, 2.75) is 31.5 Å². The van der Waals surface area contributed by atoms with Crippen molar-refractivity contribution < 1.29 is 9.34 Å². The predicted molar refractivity (Wildman–Crippen MR) is 64.8 cm³/mol. The van der Waals surface area contributed by atoms with Gasteiger partial charge in [0.1, 0.15) is 13.8 Å². The van der Waals surface area contributed by atoms with Crippen molar-refractivity contribution in [2.75, 3.05) is 0 Å². The van der Waals surface area contributed by atoms with Gasteiger partial charge < -0.3 is 4.42 Å². The smallest absolute Gasteiger partial charge is 0.238 e. The van der Waals surface area contributed by atoms with E-state index in [0.717, 1.165) is 11.6 Å². The van der Waals surface area contributed by atoms with Gasteiger partial charge in [-0.05, 0) is 12.1 Å². The van der Waals surface area contributed by atoms with E-state index < -0.39 is 13.0 Å². The largest absolute Gasteiger partial charge is 0.467 e. The molecule has 2 rings (SSSR count). The van der Waals surface area contributed by atoms with Crippen LogP contribution in [0.5, 0.6) is 0 Å². The molecule has 1 aliphatic rings. The van der Waals surface area contributed by atoms with Gasteiger partial charge in [-0.25, -0.2) is 0 Å². The number of hydrogen-bond acceptors (Lipinski definition) is 3. The van der Waals surface area contributed by atoms with Gasteiger partial charge in [0.15, 0.2) is 0 Å². The van der Waals surface area contributed by atoms with E-state index in [4.69, 9.17) is 4.42 Å². The fraction of sp³-hybridized carbons (Fsp3) is 0.455. The van der Waals surface area contributed by atoms with Crippen molar-refractivity contribution in [3.63, 3.8) is 0 Å². The second-order valence-electron chi connectivity index (χ2n) is 4.57. The second-order valence-corrected chi connectivity index (χ2v) is 9.18. The molecule has 0 atom stereocenters. The Morgan fingerprint density at radius 2 is 2.12 bits per heavy atom. The van der Waals surface area contributed by atoms with Crippen molar-refractivity contribution in [1.82, 2.24) is 0 Å². The Morgan fingerprint density at radius 3 is 2.75 bits per heavy atom. The fourth-order valence-corrected chi connectivity index (χ4v) is 5.96. The van der Waals surface area contributed by atoms with Gasteiger partial charge in [-0.15, -0.1) is 0 Å². The van der Waals surface area contributed by atoms with E-state index in [1.54, 1.807) is 0 Å². The van der Waals surface area contributed by atoms with Crippen molar-refractivity contribution >= 4 is 19.5 Å². The summed E-state index contributed by atoms with van der Waals surface area (Å²) in [6, 6.07) is 6.38. The average Bonchev–Trinajstić information content (AvgIpc) is 2.84. The molecule has 0 N–H and O–H groups in total. The summed E-state index contributed by atoms with van der Waals surface area (Å²) in [5.41, 5.74) is 0. The Bertz CT molecular complexity index is 419. The first-order valence-corrected chi connectivity index (χ1v) is 8.44. The summed E-state index contributed by atoms with van der Waals surface area (Å²) < 4.78 is 5.69. The summed E-state index contributed by atoms with van der Waals surface area (Å²) in [5, 5.41) is 11.3. The minimum Gasteiger partial charge on any atom is -0.467 e. The van der Waals surface area contributed by atoms with E-state index in [1.165, 1.54) is 31.0 Å². The van der Waals surface area contributed by atoms with Gasteiger partial charge in [0.25, 0.3) is 0 Å². The van der Waals surface area contributed by atoms with Crippen LogP contribution in [-0.4, -0.2) is 13.0 Å². The van der Waals surface area contributed by atoms with E-state index in [1.807, 2.05) is 12.1 Å². The molecule has 0 aliphatic carbocycles. The number of hydrogen-bond donors (Lipinski definition) is 0. The van der Waals surface area contributed by atoms with Gasteiger partial charge in [0.05, 0.1) is 16.4 Å². The monoisotopic (exact) mass is 237 g/mol. The van der Waals surface area contributed by atoms with Crippen LogP contribution in [0.15, 0.2) is 22.7 Å². The summed E-state index contributed by atoms with van der Waals surface area (Å²) in [6.07, 6.45) is 4.92. The lowest BCUT2D eigenvalue weighted by atomic mass is 10.4. The van der Waals surface area contributed by atoms with Crippen molar-refractivity contribution in [2.24, 2.45) is 0 Å². The number of nitro groups is 1. The Labute approximate surface area is 95.1 Å². The highest BCUT2D eigenvalue weighted by molar-refractivity contribution is 6.90. The van der Waals surface area contributed by atoms with Crippen LogP contribution in [0.2, 0.25) is 18.6 Å². The SMILES string of the molecule is C[Si]1(c2ccc(/C=C/[N+](=O)[O-])o2)CCCC1. The molecule has 0 aromatic carbocycles. The normalized spacial score (nSPS) is 19.3. The first-order valence-electron chi connectivity index (χ1n) is 5.52. The Kier molecular flexibility index (Phi) is 2.96. The van der Waals surface area contributed by atoms with Gasteiger partial charge >= 0.3 is 0 Å². The molecule has 0 bridgehead atoms. The molecule has 1 aromatic heterocycles. The molecule has 86 valence electrons. The zero-order valence-electron chi connectivity index (χ0n) is 9.31. The molecular formula is C11H15NO3Si. The molecule has 0 unspecified atom stereocenters. The summed E-state index contributed by atoms with van der Waals surface area (Å²) >= 11 is 0. The molecule has 5 heteroatoms. The Morgan fingerprint density at radius 1 is 1.44 bits per heavy atom. The quantitative estimate of drug-likeness (QED) is 0.461. The zero-order valence-corrected chi connectivity index (χ0v) is 10.3. The van der Waals surface area contributed by atoms with Gasteiger partial charge in [0, 0.05) is 0 Å². The molecule has 0 radical (unpaired) electrons. The number of furan rings is 1. The highest BCUT2D eigenvalue weighted by Crippen LogP contribution is 2.30. The Hall–Kier alpha value is -1.36. The first-order chi connectivity index (χ1) is 7.60. The van der Waals surface area contributed by atoms with Crippen LogP contribution in [0.4, 0.5) is 0 Å². The lowest BCUT2D eigenvalue weighted by molar-refractivity contribution is -0.401. The number of nitrogens with zero attached hydrogens (tertiary/aromatic N) is 1. The standard InChI is InChI=1S/C11H15NO3Si/c1-16(8-2-3-9-16)11-5-4-10(15-11)6-7-12(13)14/h4-7H,2-3,8-9H2,1H3/b7-6+. The molecule has 0 saturated carbocycles. The maximum atomic E-state index is 10.2. The second kappa shape index (κ2) is 4.25. The molecular weight excluding hydrogens is 222 g/mol.